The molecule has 0 aliphatic carbocycles. The molecular formula is C19H15N3O2. The summed E-state index contributed by atoms with van der Waals surface area (Å²) in [6.07, 6.45) is 7.02. The quantitative estimate of drug-likeness (QED) is 0.806. The van der Waals surface area contributed by atoms with Crippen LogP contribution in [0, 0.1) is 0 Å². The Labute approximate surface area is 139 Å². The lowest BCUT2D eigenvalue weighted by Gasteiger charge is -2.20. The first-order chi connectivity index (χ1) is 11.8. The monoisotopic (exact) mass is 317 g/mol. The van der Waals surface area contributed by atoms with Crippen molar-refractivity contribution in [1.29, 1.82) is 0 Å². The van der Waals surface area contributed by atoms with Crippen LogP contribution in [0.25, 0.3) is 11.1 Å². The fraction of sp³-hybridized carbons (Fsp3) is 0.105. The number of hydrogen-bond acceptors (Lipinski definition) is 4. The molecule has 0 spiro atoms. The molecule has 0 saturated heterocycles. The van der Waals surface area contributed by atoms with Gasteiger partial charge in [-0.2, -0.15) is 0 Å². The number of nitrogens with zero attached hydrogens (tertiary/aromatic N) is 2. The number of rotatable bonds is 3. The van der Waals surface area contributed by atoms with Crippen molar-refractivity contribution in [2.24, 2.45) is 0 Å². The molecule has 0 saturated carbocycles. The fourth-order valence-electron chi connectivity index (χ4n) is 2.75. The zero-order valence-electron chi connectivity index (χ0n) is 12.9. The van der Waals surface area contributed by atoms with Gasteiger partial charge in [0.25, 0.3) is 5.91 Å². The van der Waals surface area contributed by atoms with Gasteiger partial charge in [0.1, 0.15) is 12.4 Å². The molecule has 1 aliphatic rings. The number of benzene rings is 1. The third-order valence-corrected chi connectivity index (χ3v) is 4.00. The van der Waals surface area contributed by atoms with Crippen LogP contribution < -0.4 is 10.1 Å². The summed E-state index contributed by atoms with van der Waals surface area (Å²) in [6, 6.07) is 11.3. The van der Waals surface area contributed by atoms with Gasteiger partial charge >= 0.3 is 0 Å². The molecule has 1 N–H and O–H groups in total. The number of amides is 1. The third-order valence-electron chi connectivity index (χ3n) is 4.00. The molecule has 3 aromatic rings. The smallest absolute Gasteiger partial charge is 0.251 e. The molecule has 2 aromatic heterocycles. The highest BCUT2D eigenvalue weighted by Gasteiger charge is 2.18. The van der Waals surface area contributed by atoms with Crippen LogP contribution in [-0.4, -0.2) is 15.9 Å². The lowest BCUT2D eigenvalue weighted by molar-refractivity contribution is 0.0950. The van der Waals surface area contributed by atoms with Crippen molar-refractivity contribution in [2.45, 2.75) is 13.2 Å². The van der Waals surface area contributed by atoms with Crippen LogP contribution in [-0.2, 0) is 13.2 Å². The fourth-order valence-corrected chi connectivity index (χ4v) is 2.75. The maximum atomic E-state index is 12.4. The predicted octanol–water partition coefficient (Wildman–Crippen LogP) is 2.97. The van der Waals surface area contributed by atoms with Gasteiger partial charge in [-0.1, -0.05) is 6.07 Å². The van der Waals surface area contributed by atoms with Crippen LogP contribution in [0.4, 0.5) is 0 Å². The second-order valence-electron chi connectivity index (χ2n) is 5.58. The molecule has 118 valence electrons. The number of fused-ring (bicyclic) bond motifs is 3. The summed E-state index contributed by atoms with van der Waals surface area (Å²) in [5.74, 6) is 0.591. The summed E-state index contributed by atoms with van der Waals surface area (Å²) >= 11 is 0. The topological polar surface area (TPSA) is 64.1 Å². The van der Waals surface area contributed by atoms with E-state index in [0.717, 1.165) is 28.0 Å². The standard InChI is InChI=1S/C19H15N3O2/c23-19(22-10-13-2-1-6-20-9-13)14-3-4-17-16-5-7-21-11-15(16)12-24-18(17)8-14/h1-9,11H,10,12H2,(H,22,23). The molecule has 1 aromatic carbocycles. The van der Waals surface area contributed by atoms with Crippen LogP contribution >= 0.6 is 0 Å². The second kappa shape index (κ2) is 6.12. The van der Waals surface area contributed by atoms with Crippen LogP contribution in [0.1, 0.15) is 21.5 Å². The van der Waals surface area contributed by atoms with Gasteiger partial charge in [-0.3, -0.25) is 14.8 Å². The zero-order valence-corrected chi connectivity index (χ0v) is 12.9. The van der Waals surface area contributed by atoms with Crippen LogP contribution in [0.5, 0.6) is 5.75 Å². The van der Waals surface area contributed by atoms with Gasteiger partial charge in [0, 0.05) is 48.0 Å². The molecule has 24 heavy (non-hydrogen) atoms. The molecular weight excluding hydrogens is 302 g/mol. The molecule has 0 fully saturated rings. The van der Waals surface area contributed by atoms with Crippen molar-refractivity contribution in [3.05, 3.63) is 77.9 Å². The first-order valence-electron chi connectivity index (χ1n) is 7.68. The van der Waals surface area contributed by atoms with E-state index in [1.807, 2.05) is 36.5 Å². The van der Waals surface area contributed by atoms with Gasteiger partial charge in [0.2, 0.25) is 0 Å². The number of carbonyl (C=O) groups excluding carboxylic acids is 1. The maximum Gasteiger partial charge on any atom is 0.251 e. The molecule has 0 unspecified atom stereocenters. The summed E-state index contributed by atoms with van der Waals surface area (Å²) in [5.41, 5.74) is 4.69. The maximum absolute atomic E-state index is 12.4. The number of hydrogen-bond donors (Lipinski definition) is 1. The molecule has 1 aliphatic heterocycles. The normalized spacial score (nSPS) is 11.8. The van der Waals surface area contributed by atoms with Gasteiger partial charge in [-0.05, 0) is 41.5 Å². The highest BCUT2D eigenvalue weighted by atomic mass is 16.5. The lowest BCUT2D eigenvalue weighted by Crippen LogP contribution is -2.23. The summed E-state index contributed by atoms with van der Waals surface area (Å²) in [6.45, 7) is 0.913. The summed E-state index contributed by atoms with van der Waals surface area (Å²) in [7, 11) is 0. The highest BCUT2D eigenvalue weighted by Crippen LogP contribution is 2.37. The van der Waals surface area contributed by atoms with E-state index >= 15 is 0 Å². The van der Waals surface area contributed by atoms with Gasteiger partial charge in [0.15, 0.2) is 0 Å². The molecule has 0 atom stereocenters. The first-order valence-corrected chi connectivity index (χ1v) is 7.68. The zero-order chi connectivity index (χ0) is 16.4. The van der Waals surface area contributed by atoms with Gasteiger partial charge < -0.3 is 10.1 Å². The Morgan fingerprint density at radius 2 is 2.00 bits per heavy atom. The minimum atomic E-state index is -0.134. The lowest BCUT2D eigenvalue weighted by atomic mass is 9.97. The number of aromatic nitrogens is 2. The minimum absolute atomic E-state index is 0.134. The SMILES string of the molecule is O=C(NCc1cccnc1)c1ccc2c(c1)OCc1cnccc1-2. The second-order valence-corrected chi connectivity index (χ2v) is 5.58. The first kappa shape index (κ1) is 14.4. The van der Waals surface area contributed by atoms with Crippen LogP contribution in [0.2, 0.25) is 0 Å². The number of ether oxygens (including phenoxy) is 1. The Kier molecular flexibility index (Phi) is 3.67. The minimum Gasteiger partial charge on any atom is -0.488 e. The Bertz CT molecular complexity index is 894. The van der Waals surface area contributed by atoms with Crippen molar-refractivity contribution in [2.75, 3.05) is 0 Å². The van der Waals surface area contributed by atoms with Gasteiger partial charge in [-0.25, -0.2) is 0 Å². The summed E-state index contributed by atoms with van der Waals surface area (Å²) in [4.78, 5) is 20.5. The van der Waals surface area contributed by atoms with E-state index in [1.54, 1.807) is 24.7 Å². The van der Waals surface area contributed by atoms with Gasteiger partial charge in [0.05, 0.1) is 0 Å². The Balaban J connectivity index is 1.55. The Morgan fingerprint density at radius 3 is 2.88 bits per heavy atom. The van der Waals surface area contributed by atoms with E-state index in [-0.39, 0.29) is 5.91 Å². The van der Waals surface area contributed by atoms with Crippen molar-refractivity contribution < 1.29 is 9.53 Å². The highest BCUT2D eigenvalue weighted by molar-refractivity contribution is 5.95. The van der Waals surface area contributed by atoms with Crippen molar-refractivity contribution in [3.8, 4) is 16.9 Å². The summed E-state index contributed by atoms with van der Waals surface area (Å²) < 4.78 is 5.77. The number of carbonyl (C=O) groups is 1. The molecule has 4 rings (SSSR count). The van der Waals surface area contributed by atoms with E-state index in [0.29, 0.717) is 18.7 Å². The van der Waals surface area contributed by atoms with E-state index in [2.05, 4.69) is 15.3 Å². The number of pyridine rings is 2. The molecule has 3 heterocycles. The molecule has 0 bridgehead atoms. The third kappa shape index (κ3) is 2.72. The van der Waals surface area contributed by atoms with E-state index in [4.69, 9.17) is 4.74 Å². The predicted molar refractivity (Wildman–Crippen MR) is 89.4 cm³/mol. The molecule has 5 nitrogen and oxygen atoms in total. The Hall–Kier alpha value is -3.21. The molecule has 1 amide bonds. The average molecular weight is 317 g/mol. The largest absolute Gasteiger partial charge is 0.488 e. The van der Waals surface area contributed by atoms with E-state index < -0.39 is 0 Å². The summed E-state index contributed by atoms with van der Waals surface area (Å²) in [5, 5.41) is 2.90. The van der Waals surface area contributed by atoms with Crippen molar-refractivity contribution in [3.63, 3.8) is 0 Å². The molecule has 5 heteroatoms. The van der Waals surface area contributed by atoms with Crippen LogP contribution in [0.3, 0.4) is 0 Å². The van der Waals surface area contributed by atoms with E-state index in [9.17, 15) is 4.79 Å². The van der Waals surface area contributed by atoms with Crippen molar-refractivity contribution >= 4 is 5.91 Å². The van der Waals surface area contributed by atoms with Crippen LogP contribution in [0.15, 0.2) is 61.2 Å². The van der Waals surface area contributed by atoms with E-state index in [1.165, 1.54) is 0 Å². The van der Waals surface area contributed by atoms with Crippen molar-refractivity contribution in [1.82, 2.24) is 15.3 Å². The average Bonchev–Trinajstić information content (AvgIpc) is 2.66. The Morgan fingerprint density at radius 1 is 1.08 bits per heavy atom. The number of nitrogens with one attached hydrogen (secondary N) is 1. The molecule has 0 radical (unpaired) electrons. The van der Waals surface area contributed by atoms with Gasteiger partial charge in [-0.15, -0.1) is 0 Å².